The quantitative estimate of drug-likeness (QED) is 0.530. The van der Waals surface area contributed by atoms with Gasteiger partial charge in [-0.25, -0.2) is 9.18 Å². The Labute approximate surface area is 189 Å². The largest absolute Gasteiger partial charge is 0.442 e. The molecule has 1 aliphatic heterocycles. The van der Waals surface area contributed by atoms with Crippen LogP contribution in [0.3, 0.4) is 0 Å². The maximum atomic E-state index is 14.9. The van der Waals surface area contributed by atoms with E-state index >= 15 is 0 Å². The zero-order valence-electron chi connectivity index (χ0n) is 17.5. The number of benzene rings is 2. The topological polar surface area (TPSA) is 71.5 Å². The number of nitrogens with zero attached hydrogens (tertiary/aromatic N) is 2. The Morgan fingerprint density at radius 3 is 2.62 bits per heavy atom. The van der Waals surface area contributed by atoms with Crippen molar-refractivity contribution in [3.05, 3.63) is 78.4 Å². The molecule has 1 aliphatic rings. The highest BCUT2D eigenvalue weighted by Gasteiger charge is 2.32. The summed E-state index contributed by atoms with van der Waals surface area (Å²) in [6, 6.07) is 16.4. The van der Waals surface area contributed by atoms with Crippen molar-refractivity contribution in [2.24, 2.45) is 0 Å². The lowest BCUT2D eigenvalue weighted by Gasteiger charge is -2.14. The molecular weight excluding hydrogens is 429 g/mol. The number of hydrogen-bond donors (Lipinski definition) is 1. The van der Waals surface area contributed by atoms with Gasteiger partial charge in [0, 0.05) is 35.5 Å². The molecule has 1 aromatic heterocycles. The molecule has 1 saturated heterocycles. The number of hydrogen-bond acceptors (Lipinski definition) is 5. The summed E-state index contributed by atoms with van der Waals surface area (Å²) in [6.45, 7) is 1.87. The lowest BCUT2D eigenvalue weighted by atomic mass is 10.0. The van der Waals surface area contributed by atoms with Crippen molar-refractivity contribution in [1.82, 2.24) is 10.3 Å². The van der Waals surface area contributed by atoms with Crippen molar-refractivity contribution in [2.75, 3.05) is 18.0 Å². The fraction of sp³-hybridized carbons (Fsp3) is 0.208. The van der Waals surface area contributed by atoms with Crippen LogP contribution in [0.25, 0.3) is 11.1 Å². The monoisotopic (exact) mass is 451 g/mol. The minimum Gasteiger partial charge on any atom is -0.442 e. The average Bonchev–Trinajstić information content (AvgIpc) is 3.18. The first-order chi connectivity index (χ1) is 15.5. The summed E-state index contributed by atoms with van der Waals surface area (Å²) in [6.07, 6.45) is 2.53. The molecule has 0 bridgehead atoms. The van der Waals surface area contributed by atoms with E-state index in [1.54, 1.807) is 36.3 Å². The zero-order chi connectivity index (χ0) is 22.5. The molecule has 1 N–H and O–H groups in total. The number of aromatic nitrogens is 1. The number of rotatable bonds is 7. The van der Waals surface area contributed by atoms with E-state index in [-0.39, 0.29) is 19.0 Å². The third kappa shape index (κ3) is 5.26. The second kappa shape index (κ2) is 9.82. The number of anilines is 1. The van der Waals surface area contributed by atoms with Crippen LogP contribution >= 0.6 is 11.8 Å². The first-order valence-corrected chi connectivity index (χ1v) is 11.1. The number of carbonyl (C=O) groups is 2. The van der Waals surface area contributed by atoms with Crippen LogP contribution in [-0.2, 0) is 15.3 Å². The molecule has 2 amide bonds. The van der Waals surface area contributed by atoms with Crippen molar-refractivity contribution in [3.63, 3.8) is 0 Å². The van der Waals surface area contributed by atoms with Gasteiger partial charge < -0.3 is 10.1 Å². The summed E-state index contributed by atoms with van der Waals surface area (Å²) in [7, 11) is 0. The normalized spacial score (nSPS) is 15.5. The zero-order valence-corrected chi connectivity index (χ0v) is 18.3. The summed E-state index contributed by atoms with van der Waals surface area (Å²) in [5.41, 5.74) is 2.83. The molecule has 0 aliphatic carbocycles. The van der Waals surface area contributed by atoms with Gasteiger partial charge in [-0.3, -0.25) is 14.7 Å². The average molecular weight is 452 g/mol. The molecule has 3 aromatic rings. The van der Waals surface area contributed by atoms with Gasteiger partial charge in [0.2, 0.25) is 5.91 Å². The van der Waals surface area contributed by atoms with Gasteiger partial charge in [0.05, 0.1) is 18.8 Å². The number of carbonyl (C=O) groups excluding carboxylic acids is 2. The van der Waals surface area contributed by atoms with Crippen LogP contribution < -0.4 is 10.2 Å². The maximum absolute atomic E-state index is 14.9. The third-order valence-corrected chi connectivity index (χ3v) is 6.12. The summed E-state index contributed by atoms with van der Waals surface area (Å²) in [5, 5.41) is 2.62. The second-order valence-electron chi connectivity index (χ2n) is 7.39. The number of pyridine rings is 1. The number of nitrogens with one attached hydrogen (secondary N) is 1. The Morgan fingerprint density at radius 1 is 1.19 bits per heavy atom. The molecule has 6 nitrogen and oxygen atoms in total. The number of amides is 2. The first-order valence-electron chi connectivity index (χ1n) is 10.1. The van der Waals surface area contributed by atoms with Crippen LogP contribution in [-0.4, -0.2) is 36.2 Å². The van der Waals surface area contributed by atoms with Crippen LogP contribution in [0.5, 0.6) is 0 Å². The van der Waals surface area contributed by atoms with E-state index in [1.807, 2.05) is 36.4 Å². The molecule has 1 unspecified atom stereocenters. The number of thioether (sulfide) groups is 1. The van der Waals surface area contributed by atoms with E-state index in [0.717, 1.165) is 16.2 Å². The molecule has 0 radical (unpaired) electrons. The lowest BCUT2D eigenvalue weighted by Crippen LogP contribution is -2.33. The van der Waals surface area contributed by atoms with Gasteiger partial charge in [-0.15, -0.1) is 11.8 Å². The summed E-state index contributed by atoms with van der Waals surface area (Å²) in [4.78, 5) is 29.7. The van der Waals surface area contributed by atoms with E-state index in [9.17, 15) is 14.0 Å². The second-order valence-corrected chi connectivity index (χ2v) is 8.43. The van der Waals surface area contributed by atoms with Crippen LogP contribution in [0.15, 0.2) is 71.9 Å². The van der Waals surface area contributed by atoms with Crippen LogP contribution in [0.2, 0.25) is 0 Å². The molecule has 1 atom stereocenters. The smallest absolute Gasteiger partial charge is 0.414 e. The standard InChI is InChI=1S/C24H22FN3O3S/c1-16(29)27-13-20-14-28(24(30)31-20)19-4-7-22(23(25)12-19)18-2-5-21(6-3-18)32-15-17-8-10-26-11-9-17/h2-12,20H,13-15H2,1H3,(H,27,29). The van der Waals surface area contributed by atoms with E-state index < -0.39 is 18.0 Å². The minimum absolute atomic E-state index is 0.198. The van der Waals surface area contributed by atoms with Gasteiger partial charge in [0.15, 0.2) is 0 Å². The Kier molecular flexibility index (Phi) is 6.70. The molecule has 0 saturated carbocycles. The van der Waals surface area contributed by atoms with Gasteiger partial charge in [-0.05, 0) is 53.6 Å². The minimum atomic E-state index is -0.553. The Balaban J connectivity index is 1.42. The predicted octanol–water partition coefficient (Wildman–Crippen LogP) is 4.64. The molecule has 32 heavy (non-hydrogen) atoms. The SMILES string of the molecule is CC(=O)NCC1CN(c2ccc(-c3ccc(SCc4ccncc4)cc3)c(F)c2)C(=O)O1. The fourth-order valence-corrected chi connectivity index (χ4v) is 4.23. The number of ether oxygens (including phenoxy) is 1. The van der Waals surface area contributed by atoms with Crippen LogP contribution in [0.4, 0.5) is 14.9 Å². The highest BCUT2D eigenvalue weighted by molar-refractivity contribution is 7.98. The van der Waals surface area contributed by atoms with E-state index in [1.165, 1.54) is 23.5 Å². The van der Waals surface area contributed by atoms with Gasteiger partial charge in [0.25, 0.3) is 0 Å². The molecule has 0 spiro atoms. The molecule has 164 valence electrons. The number of halogens is 1. The van der Waals surface area contributed by atoms with Gasteiger partial charge in [-0.1, -0.05) is 12.1 Å². The van der Waals surface area contributed by atoms with Crippen molar-refractivity contribution >= 4 is 29.4 Å². The Hall–Kier alpha value is -3.39. The molecule has 8 heteroatoms. The molecule has 2 aromatic carbocycles. The Morgan fingerprint density at radius 2 is 1.94 bits per heavy atom. The van der Waals surface area contributed by atoms with Crippen molar-refractivity contribution < 1.29 is 18.7 Å². The fourth-order valence-electron chi connectivity index (χ4n) is 3.38. The first kappa shape index (κ1) is 21.8. The molecule has 1 fully saturated rings. The van der Waals surface area contributed by atoms with Gasteiger partial charge in [-0.2, -0.15) is 0 Å². The number of cyclic esters (lactones) is 1. The predicted molar refractivity (Wildman–Crippen MR) is 122 cm³/mol. The van der Waals surface area contributed by atoms with Gasteiger partial charge >= 0.3 is 6.09 Å². The third-order valence-electron chi connectivity index (χ3n) is 5.04. The highest BCUT2D eigenvalue weighted by Crippen LogP contribution is 2.31. The summed E-state index contributed by atoms with van der Waals surface area (Å²) >= 11 is 1.70. The van der Waals surface area contributed by atoms with Crippen molar-refractivity contribution in [2.45, 2.75) is 23.7 Å². The van der Waals surface area contributed by atoms with Crippen LogP contribution in [0, 0.1) is 5.82 Å². The van der Waals surface area contributed by atoms with Crippen molar-refractivity contribution in [3.8, 4) is 11.1 Å². The maximum Gasteiger partial charge on any atom is 0.414 e. The van der Waals surface area contributed by atoms with E-state index in [4.69, 9.17) is 4.74 Å². The van der Waals surface area contributed by atoms with Crippen molar-refractivity contribution in [1.29, 1.82) is 0 Å². The molecule has 4 rings (SSSR count). The molecular formula is C24H22FN3O3S. The summed E-state index contributed by atoms with van der Waals surface area (Å²) in [5.74, 6) is 0.217. The summed E-state index contributed by atoms with van der Waals surface area (Å²) < 4.78 is 20.1. The Bertz CT molecular complexity index is 1110. The van der Waals surface area contributed by atoms with Crippen LogP contribution in [0.1, 0.15) is 12.5 Å². The molecule has 2 heterocycles. The van der Waals surface area contributed by atoms with E-state index in [2.05, 4.69) is 10.3 Å². The van der Waals surface area contributed by atoms with E-state index in [0.29, 0.717) is 11.3 Å². The highest BCUT2D eigenvalue weighted by atomic mass is 32.2. The lowest BCUT2D eigenvalue weighted by molar-refractivity contribution is -0.119. The van der Waals surface area contributed by atoms with Gasteiger partial charge in [0.1, 0.15) is 11.9 Å².